The van der Waals surface area contributed by atoms with Crippen LogP contribution in [-0.4, -0.2) is 248 Å². The van der Waals surface area contributed by atoms with Gasteiger partial charge in [0.05, 0.1) is 31.2 Å². The lowest BCUT2D eigenvalue weighted by Gasteiger charge is -2.33. The van der Waals surface area contributed by atoms with Gasteiger partial charge < -0.3 is 112 Å². The number of benzene rings is 1. The van der Waals surface area contributed by atoms with Gasteiger partial charge in [0.2, 0.25) is 47.3 Å². The Kier molecular flexibility index (Phi) is 32.9. The molecule has 0 aromatic heterocycles. The summed E-state index contributed by atoms with van der Waals surface area (Å²) in [6.07, 6.45) is 1.30. The van der Waals surface area contributed by atoms with Gasteiger partial charge in [-0.3, -0.25) is 67.5 Å². The summed E-state index contributed by atoms with van der Waals surface area (Å²) in [7, 11) is 0. The normalized spacial score (nSPS) is 16.7. The molecule has 38 heteroatoms. The molecular weight excluding hydrogens is 1270 g/mol. The molecule has 2 aliphatic heterocycles. The Morgan fingerprint density at radius 1 is 0.656 bits per heavy atom. The standard InChI is InChI=1S/C58H95N19O19/c1-32(53(91)75-26-12-17-41(75)51(90)73-37(16-11-25-66-56(62)63)47(86)68-29-45(83)84)69-48(87)35(13-6-8-22-59)64-23-9-7-14-38(70-43(80)31-96-34-20-18-33(19-21-34)52-76(94)57(2,3)58(4,5)77(52)95)49(88)72-36(15-10-24-65-55(60)61)46(85)67-28-42(79)71-39(27-44(81)82)50(89)74-40(30-78)54(92)93/h18-21,32,35-41,64,78,94H,6-17,22-31,59H2,1-5H3,(H,67,85)(H,68,86)(H,69,87)(H,70,80)(H,71,79)(H,72,88)(H,73,90)(H,74,89)(H,81,82)(H,83,84)(H,92,93)(H4,60,61,65)(H4,62,63,66)/t32-,35-,36-,37-,38-,39-,40-,41-/m0/s1. The number of nitrogens with zero attached hydrogens (tertiary/aromatic N) is 5. The third kappa shape index (κ3) is 25.6. The van der Waals surface area contributed by atoms with E-state index in [9.17, 15) is 83.3 Å². The van der Waals surface area contributed by atoms with Gasteiger partial charge in [-0.15, -0.1) is 5.06 Å². The van der Waals surface area contributed by atoms with Crippen LogP contribution in [0.25, 0.3) is 0 Å². The van der Waals surface area contributed by atoms with Gasteiger partial charge in [-0.2, -0.15) is 0 Å². The van der Waals surface area contributed by atoms with Crippen molar-refractivity contribution in [3.8, 4) is 5.75 Å². The Balaban J connectivity index is 1.83. The van der Waals surface area contributed by atoms with Crippen LogP contribution in [0.15, 0.2) is 34.3 Å². The topological polar surface area (TPSA) is 611 Å². The first-order chi connectivity index (χ1) is 45.2. The molecule has 8 atom stereocenters. The highest BCUT2D eigenvalue weighted by Gasteiger charge is 2.59. The zero-order valence-corrected chi connectivity index (χ0v) is 54.6. The number of ether oxygens (including phenoxy) is 1. The van der Waals surface area contributed by atoms with Gasteiger partial charge in [-0.25, -0.2) is 10.0 Å². The Labute approximate surface area is 553 Å². The number of aliphatic hydroxyl groups is 1. The van der Waals surface area contributed by atoms with Gasteiger partial charge in [-0.1, -0.05) is 6.42 Å². The van der Waals surface area contributed by atoms with Gasteiger partial charge in [0.1, 0.15) is 60.1 Å². The highest BCUT2D eigenvalue weighted by atomic mass is 16.5. The molecular formula is C58H95N19O19. The number of rotatable bonds is 43. The van der Waals surface area contributed by atoms with Crippen molar-refractivity contribution in [2.45, 2.75) is 178 Å². The van der Waals surface area contributed by atoms with Crippen molar-refractivity contribution in [1.29, 1.82) is 0 Å². The first-order valence-electron chi connectivity index (χ1n) is 31.2. The lowest BCUT2D eigenvalue weighted by molar-refractivity contribution is -0.539. The molecule has 3 rings (SSSR count). The number of carbonyl (C=O) groups is 12. The second kappa shape index (κ2) is 39.2. The first kappa shape index (κ1) is 80.5. The van der Waals surface area contributed by atoms with E-state index in [0.29, 0.717) is 36.1 Å². The average Bonchev–Trinajstić information content (AvgIpc) is 1.58. The minimum absolute atomic E-state index is 0.0225. The van der Waals surface area contributed by atoms with Crippen LogP contribution in [0.4, 0.5) is 0 Å². The zero-order valence-electron chi connectivity index (χ0n) is 54.6. The molecule has 0 aliphatic carbocycles. The van der Waals surface area contributed by atoms with Crippen molar-refractivity contribution in [3.05, 3.63) is 35.0 Å². The number of likely N-dealkylation sites (tertiary alicyclic amines) is 1. The molecule has 0 saturated carbocycles. The average molecular weight is 1360 g/mol. The molecule has 536 valence electrons. The largest absolute Gasteiger partial charge is 0.714 e. The molecule has 96 heavy (non-hydrogen) atoms. The Morgan fingerprint density at radius 3 is 1.72 bits per heavy atom. The lowest BCUT2D eigenvalue weighted by Crippen LogP contribution is -2.57. The SMILES string of the molecule is C[C@H](NC(=O)[C@H](CCCCN)NCCCC[C@H](NC(=O)COc1ccc(C2=[N+]([O-])C(C)(C)C(C)(C)N2O)cc1)C(=O)N[C@@H](CCCN=C(N)N)C(=O)NCC(=O)N[C@@H](CC(=O)O)C(=O)N[C@@H](CO)C(=O)O)C(=O)N1CCC[C@H]1C(=O)N[C@@H](CCCN=C(N)N)C(=O)NCC(=O)O. The first-order valence-corrected chi connectivity index (χ1v) is 31.2. The molecule has 1 fully saturated rings. The minimum atomic E-state index is -1.87. The summed E-state index contributed by atoms with van der Waals surface area (Å²) in [4.78, 5) is 166. The number of amides is 9. The lowest BCUT2D eigenvalue weighted by atomic mass is 9.84. The number of nitrogens with one attached hydrogen (secondary N) is 9. The monoisotopic (exact) mass is 1360 g/mol. The number of nitrogens with two attached hydrogens (primary N) is 5. The molecule has 1 saturated heterocycles. The van der Waals surface area contributed by atoms with Crippen molar-refractivity contribution in [3.63, 3.8) is 0 Å². The van der Waals surface area contributed by atoms with E-state index >= 15 is 0 Å². The van der Waals surface area contributed by atoms with E-state index in [1.54, 1.807) is 27.7 Å². The number of aliphatic imine (C=N–C) groups is 2. The number of amidine groups is 1. The van der Waals surface area contributed by atoms with Crippen LogP contribution in [-0.2, 0) is 57.5 Å². The number of aliphatic carboxylic acids is 3. The quantitative estimate of drug-likeness (QED) is 0.00951. The molecule has 2 aliphatic rings. The number of guanidine groups is 2. The number of aliphatic hydroxyl groups excluding tert-OH is 1. The zero-order chi connectivity index (χ0) is 72.0. The molecule has 0 radical (unpaired) electrons. The van der Waals surface area contributed by atoms with Crippen LogP contribution in [0.1, 0.15) is 124 Å². The molecule has 38 nitrogen and oxygen atoms in total. The van der Waals surface area contributed by atoms with Crippen LogP contribution in [0.2, 0.25) is 0 Å². The van der Waals surface area contributed by atoms with Gasteiger partial charge in [0.15, 0.2) is 24.1 Å². The molecule has 2 heterocycles. The van der Waals surface area contributed by atoms with Gasteiger partial charge in [-0.05, 0) is 143 Å². The molecule has 1 aromatic rings. The summed E-state index contributed by atoms with van der Waals surface area (Å²) < 4.78 is 6.44. The van der Waals surface area contributed by atoms with Crippen molar-refractivity contribution in [1.82, 2.24) is 57.8 Å². The van der Waals surface area contributed by atoms with Crippen molar-refractivity contribution in [2.75, 3.05) is 59.0 Å². The maximum atomic E-state index is 14.4. The van der Waals surface area contributed by atoms with Crippen molar-refractivity contribution in [2.24, 2.45) is 38.7 Å². The fraction of sp³-hybridized carbons (Fsp3) is 0.638. The van der Waals surface area contributed by atoms with E-state index in [1.165, 1.54) is 36.1 Å². The van der Waals surface area contributed by atoms with Crippen LogP contribution < -0.4 is 81.3 Å². The minimum Gasteiger partial charge on any atom is -0.714 e. The van der Waals surface area contributed by atoms with E-state index in [0.717, 1.165) is 5.06 Å². The molecule has 1 aromatic carbocycles. The molecule has 0 bridgehead atoms. The third-order valence-corrected chi connectivity index (χ3v) is 16.0. The highest BCUT2D eigenvalue weighted by molar-refractivity contribution is 5.98. The van der Waals surface area contributed by atoms with Gasteiger partial charge in [0.25, 0.3) is 5.91 Å². The predicted molar refractivity (Wildman–Crippen MR) is 342 cm³/mol. The number of carbonyl (C=O) groups excluding carboxylic acids is 9. The van der Waals surface area contributed by atoms with Crippen molar-refractivity contribution >= 4 is 88.8 Å². The summed E-state index contributed by atoms with van der Waals surface area (Å²) in [5, 5.41) is 84.5. The van der Waals surface area contributed by atoms with Crippen LogP contribution in [0.5, 0.6) is 5.75 Å². The Hall–Kier alpha value is -9.69. The maximum absolute atomic E-state index is 14.4. The second-order valence-electron chi connectivity index (χ2n) is 23.8. The van der Waals surface area contributed by atoms with Crippen LogP contribution >= 0.6 is 0 Å². The summed E-state index contributed by atoms with van der Waals surface area (Å²) in [5.74, 6) is -12.7. The summed E-state index contributed by atoms with van der Waals surface area (Å²) in [6, 6.07) is -5.00. The third-order valence-electron chi connectivity index (χ3n) is 16.0. The summed E-state index contributed by atoms with van der Waals surface area (Å²) in [5.41, 5.74) is 25.9. The maximum Gasteiger partial charge on any atom is 0.328 e. The molecule has 0 unspecified atom stereocenters. The number of hydrogen-bond acceptors (Lipinski definition) is 21. The van der Waals surface area contributed by atoms with Gasteiger partial charge >= 0.3 is 23.7 Å². The van der Waals surface area contributed by atoms with Crippen LogP contribution in [0, 0.1) is 5.21 Å². The Bertz CT molecular complexity index is 2980. The number of carboxylic acids is 3. The molecule has 9 amide bonds. The van der Waals surface area contributed by atoms with E-state index in [4.69, 9.17) is 38.5 Å². The number of hydroxylamine groups is 3. The number of hydrogen-bond donors (Lipinski definition) is 19. The molecule has 0 spiro atoms. The van der Waals surface area contributed by atoms with Crippen LogP contribution in [0.3, 0.4) is 0 Å². The predicted octanol–water partition coefficient (Wildman–Crippen LogP) is -6.26. The molecule has 24 N–H and O–H groups in total. The van der Waals surface area contributed by atoms with E-state index in [2.05, 4.69) is 52.5 Å². The van der Waals surface area contributed by atoms with E-state index < -0.39 is 163 Å². The summed E-state index contributed by atoms with van der Waals surface area (Å²) >= 11 is 0. The van der Waals surface area contributed by atoms with Crippen molar-refractivity contribution < 1.29 is 92.6 Å². The Morgan fingerprint density at radius 2 is 1.18 bits per heavy atom. The summed E-state index contributed by atoms with van der Waals surface area (Å²) in [6.45, 7) is 5.48. The second-order valence-corrected chi connectivity index (χ2v) is 23.8. The highest BCUT2D eigenvalue weighted by Crippen LogP contribution is 2.37. The fourth-order valence-corrected chi connectivity index (χ4v) is 9.96. The smallest absolute Gasteiger partial charge is 0.328 e. The van der Waals surface area contributed by atoms with Gasteiger partial charge in [0, 0.05) is 19.6 Å². The number of carboxylic acid groups (broad SMARTS) is 3. The fourth-order valence-electron chi connectivity index (χ4n) is 9.96. The van der Waals surface area contributed by atoms with E-state index in [-0.39, 0.29) is 107 Å². The van der Waals surface area contributed by atoms with E-state index in [1.807, 2.05) is 5.32 Å². The number of unbranched alkanes of at least 4 members (excludes halogenated alkanes) is 2.